The topological polar surface area (TPSA) is 85.0 Å². The number of nitriles is 1. The quantitative estimate of drug-likeness (QED) is 0.655. The van der Waals surface area contributed by atoms with Crippen molar-refractivity contribution in [2.75, 3.05) is 0 Å². The van der Waals surface area contributed by atoms with Crippen LogP contribution in [0.5, 0.6) is 11.5 Å². The highest BCUT2D eigenvalue weighted by Gasteiger charge is 2.53. The first kappa shape index (κ1) is 18.4. The molecule has 2 aliphatic rings. The van der Waals surface area contributed by atoms with Crippen LogP contribution in [-0.4, -0.2) is 15.3 Å². The summed E-state index contributed by atoms with van der Waals surface area (Å²) in [6.45, 7) is 0. The first-order valence-electron chi connectivity index (χ1n) is 9.48. The van der Waals surface area contributed by atoms with Gasteiger partial charge in [0.25, 0.3) is 5.56 Å². The Balaban J connectivity index is 1.49. The third-order valence-electron chi connectivity index (χ3n) is 6.02. The molecule has 5 rings (SSSR count). The van der Waals surface area contributed by atoms with Crippen molar-refractivity contribution in [1.29, 1.82) is 5.26 Å². The number of fused-ring (bicyclic) bond motifs is 1. The Morgan fingerprint density at radius 2 is 1.87 bits per heavy atom. The lowest BCUT2D eigenvalue weighted by Crippen LogP contribution is -2.50. The fraction of sp³-hybridized carbons (Fsp3) is 0.273. The maximum absolute atomic E-state index is 14.1. The lowest BCUT2D eigenvalue weighted by atomic mass is 9.53. The normalized spacial score (nSPS) is 17.4. The van der Waals surface area contributed by atoms with E-state index in [1.54, 1.807) is 16.7 Å². The van der Waals surface area contributed by atoms with Crippen LogP contribution in [0.2, 0.25) is 0 Å². The van der Waals surface area contributed by atoms with E-state index in [0.717, 1.165) is 25.0 Å². The largest absolute Gasteiger partial charge is 0.453 e. The Labute approximate surface area is 169 Å². The van der Waals surface area contributed by atoms with Crippen LogP contribution in [0.1, 0.15) is 37.3 Å². The van der Waals surface area contributed by atoms with Crippen LogP contribution in [0, 0.1) is 28.4 Å². The van der Waals surface area contributed by atoms with Crippen molar-refractivity contribution in [2.45, 2.75) is 31.7 Å². The molecular weight excluding hydrogens is 392 g/mol. The van der Waals surface area contributed by atoms with Gasteiger partial charge in [0.15, 0.2) is 11.6 Å². The number of rotatable bonds is 3. The molecule has 2 aliphatic carbocycles. The van der Waals surface area contributed by atoms with E-state index in [2.05, 4.69) is 4.98 Å². The lowest BCUT2D eigenvalue weighted by molar-refractivity contribution is -0.141. The molecule has 0 unspecified atom stereocenters. The molecule has 0 amide bonds. The second-order valence-corrected chi connectivity index (χ2v) is 8.04. The first-order valence-corrected chi connectivity index (χ1v) is 9.48. The average Bonchev–Trinajstić information content (AvgIpc) is 2.68. The van der Waals surface area contributed by atoms with Gasteiger partial charge in [-0.15, -0.1) is 0 Å². The van der Waals surface area contributed by atoms with Crippen molar-refractivity contribution >= 4 is 16.7 Å². The number of aromatic nitrogens is 2. The van der Waals surface area contributed by atoms with E-state index in [4.69, 9.17) is 10.00 Å². The minimum Gasteiger partial charge on any atom is -0.453 e. The van der Waals surface area contributed by atoms with Crippen LogP contribution in [0.25, 0.3) is 10.9 Å². The maximum atomic E-state index is 14.1. The van der Waals surface area contributed by atoms with Crippen molar-refractivity contribution in [3.8, 4) is 17.6 Å². The van der Waals surface area contributed by atoms with E-state index in [9.17, 15) is 18.4 Å². The molecule has 0 bridgehead atoms. The molecule has 1 aromatic heterocycles. The number of ether oxygens (including phenoxy) is 1. The van der Waals surface area contributed by atoms with Gasteiger partial charge >= 0.3 is 0 Å². The van der Waals surface area contributed by atoms with Gasteiger partial charge in [0.2, 0.25) is 0 Å². The van der Waals surface area contributed by atoms with Gasteiger partial charge in [0.1, 0.15) is 29.0 Å². The van der Waals surface area contributed by atoms with Crippen LogP contribution >= 0.6 is 0 Å². The van der Waals surface area contributed by atoms with E-state index >= 15 is 0 Å². The second kappa shape index (κ2) is 6.46. The molecule has 150 valence electrons. The lowest BCUT2D eigenvalue weighted by Gasteiger charge is -2.53. The predicted molar refractivity (Wildman–Crippen MR) is 102 cm³/mol. The van der Waals surface area contributed by atoms with E-state index < -0.39 is 22.9 Å². The summed E-state index contributed by atoms with van der Waals surface area (Å²) in [6, 6.07) is 7.74. The predicted octanol–water partition coefficient (Wildman–Crippen LogP) is 4.02. The summed E-state index contributed by atoms with van der Waals surface area (Å²) in [5, 5.41) is 9.39. The Kier molecular flexibility index (Phi) is 3.97. The van der Waals surface area contributed by atoms with Gasteiger partial charge in [-0.05, 0) is 48.6 Å². The van der Waals surface area contributed by atoms with Crippen molar-refractivity contribution in [2.24, 2.45) is 5.41 Å². The number of benzene rings is 2. The van der Waals surface area contributed by atoms with Crippen molar-refractivity contribution in [3.63, 3.8) is 0 Å². The van der Waals surface area contributed by atoms with Crippen LogP contribution in [-0.2, 0) is 4.79 Å². The number of halogens is 2. The zero-order valence-corrected chi connectivity index (χ0v) is 15.7. The maximum Gasteiger partial charge on any atom is 0.261 e. The van der Waals surface area contributed by atoms with Gasteiger partial charge in [-0.3, -0.25) is 14.2 Å². The Hall–Kier alpha value is -3.60. The van der Waals surface area contributed by atoms with Gasteiger partial charge in [0, 0.05) is 18.9 Å². The minimum absolute atomic E-state index is 0.0158. The third kappa shape index (κ3) is 2.77. The molecule has 1 heterocycles. The summed E-state index contributed by atoms with van der Waals surface area (Å²) < 4.78 is 34.9. The van der Waals surface area contributed by atoms with Gasteiger partial charge in [0.05, 0.1) is 17.2 Å². The number of ketones is 1. The summed E-state index contributed by atoms with van der Waals surface area (Å²) in [4.78, 5) is 28.6. The number of hydrogen-bond donors (Lipinski definition) is 0. The van der Waals surface area contributed by atoms with E-state index in [-0.39, 0.29) is 33.9 Å². The highest BCUT2D eigenvalue weighted by molar-refractivity contribution is 5.86. The smallest absolute Gasteiger partial charge is 0.261 e. The fourth-order valence-corrected chi connectivity index (χ4v) is 4.50. The Bertz CT molecular complexity index is 1310. The van der Waals surface area contributed by atoms with Gasteiger partial charge in [-0.2, -0.15) is 5.26 Å². The molecule has 8 heteroatoms. The average molecular weight is 407 g/mol. The molecule has 0 saturated heterocycles. The molecule has 0 N–H and O–H groups in total. The standard InChI is InChI=1S/C22H15F2N3O3/c23-17-2-3-18(24)20(16(17)10-25)30-14-1-4-19-15(5-14)21(29)27(11-26-19)12-6-22(7-12)8-13(28)9-22/h1-5,11-12H,6-9H2. The monoisotopic (exact) mass is 407 g/mol. The Morgan fingerprint density at radius 3 is 2.57 bits per heavy atom. The van der Waals surface area contributed by atoms with Crippen LogP contribution in [0.3, 0.4) is 0 Å². The minimum atomic E-state index is -0.896. The summed E-state index contributed by atoms with van der Waals surface area (Å²) in [6.07, 6.45) is 4.20. The molecule has 0 radical (unpaired) electrons. The number of Topliss-reactive ketones (excluding diaryl/α,β-unsaturated/α-hetero) is 1. The molecule has 0 atom stereocenters. The van der Waals surface area contributed by atoms with Crippen molar-refractivity contribution < 1.29 is 18.3 Å². The van der Waals surface area contributed by atoms with Gasteiger partial charge in [-0.25, -0.2) is 13.8 Å². The van der Waals surface area contributed by atoms with E-state index in [0.29, 0.717) is 18.4 Å². The molecule has 6 nitrogen and oxygen atoms in total. The van der Waals surface area contributed by atoms with Crippen LogP contribution in [0.15, 0.2) is 41.5 Å². The number of carbonyl (C=O) groups is 1. The summed E-state index contributed by atoms with van der Waals surface area (Å²) in [7, 11) is 0. The van der Waals surface area contributed by atoms with Gasteiger partial charge in [-0.1, -0.05) is 0 Å². The summed E-state index contributed by atoms with van der Waals surface area (Å²) in [5.41, 5.74) is -0.328. The highest BCUT2D eigenvalue weighted by atomic mass is 19.1. The Morgan fingerprint density at radius 1 is 1.13 bits per heavy atom. The number of hydrogen-bond acceptors (Lipinski definition) is 5. The van der Waals surface area contributed by atoms with Crippen molar-refractivity contribution in [3.05, 3.63) is 64.2 Å². The summed E-state index contributed by atoms with van der Waals surface area (Å²) >= 11 is 0. The molecule has 30 heavy (non-hydrogen) atoms. The van der Waals surface area contributed by atoms with E-state index in [1.807, 2.05) is 0 Å². The molecule has 2 saturated carbocycles. The van der Waals surface area contributed by atoms with E-state index in [1.165, 1.54) is 18.5 Å². The second-order valence-electron chi connectivity index (χ2n) is 8.04. The van der Waals surface area contributed by atoms with Crippen LogP contribution in [0.4, 0.5) is 8.78 Å². The fourth-order valence-electron chi connectivity index (χ4n) is 4.50. The summed E-state index contributed by atoms with van der Waals surface area (Å²) in [5.74, 6) is -1.95. The zero-order chi connectivity index (χ0) is 21.0. The molecular formula is C22H15F2N3O3. The third-order valence-corrected chi connectivity index (χ3v) is 6.02. The first-order chi connectivity index (χ1) is 14.4. The van der Waals surface area contributed by atoms with Gasteiger partial charge < -0.3 is 4.74 Å². The van der Waals surface area contributed by atoms with Crippen molar-refractivity contribution in [1.82, 2.24) is 9.55 Å². The SMILES string of the molecule is N#Cc1c(F)ccc(F)c1Oc1ccc2ncn(C3CC4(CC(=O)C4)C3)c(=O)c2c1. The molecule has 2 fully saturated rings. The zero-order valence-electron chi connectivity index (χ0n) is 15.7. The number of carbonyl (C=O) groups excluding carboxylic acids is 1. The molecule has 1 spiro atoms. The number of nitrogens with zero attached hydrogens (tertiary/aromatic N) is 3. The van der Waals surface area contributed by atoms with Crippen LogP contribution < -0.4 is 10.3 Å². The molecule has 0 aliphatic heterocycles. The highest BCUT2D eigenvalue weighted by Crippen LogP contribution is 2.58. The molecule has 2 aromatic carbocycles. The molecule has 3 aromatic rings.